The molecule has 0 aliphatic carbocycles. The summed E-state index contributed by atoms with van der Waals surface area (Å²) >= 11 is 0. The van der Waals surface area contributed by atoms with E-state index in [2.05, 4.69) is 32.9 Å². The van der Waals surface area contributed by atoms with Crippen LogP contribution in [0.3, 0.4) is 0 Å². The molecule has 0 saturated heterocycles. The van der Waals surface area contributed by atoms with Crippen molar-refractivity contribution in [2.24, 2.45) is 0 Å². The van der Waals surface area contributed by atoms with E-state index < -0.39 is 5.97 Å². The van der Waals surface area contributed by atoms with Gasteiger partial charge >= 0.3 is 5.97 Å². The molecule has 0 spiro atoms. The van der Waals surface area contributed by atoms with Crippen LogP contribution in [0.15, 0.2) is 101 Å². The molecule has 6 rings (SSSR count). The summed E-state index contributed by atoms with van der Waals surface area (Å²) < 4.78 is 23.6. The van der Waals surface area contributed by atoms with Crippen molar-refractivity contribution in [3.8, 4) is 28.6 Å². The summed E-state index contributed by atoms with van der Waals surface area (Å²) in [6, 6.07) is 27.6. The molecule has 0 atom stereocenters. The van der Waals surface area contributed by atoms with Crippen LogP contribution in [0.25, 0.3) is 28.4 Å². The van der Waals surface area contributed by atoms with Crippen LogP contribution in [0, 0.1) is 0 Å². The third kappa shape index (κ3) is 5.19. The highest BCUT2D eigenvalue weighted by Gasteiger charge is 2.29. The number of ether oxygens (including phenoxy) is 3. The number of carbonyl (C=O) groups excluding carboxylic acids is 2. The minimum absolute atomic E-state index is 0.0333. The van der Waals surface area contributed by atoms with E-state index in [1.807, 2.05) is 49.4 Å². The average molecular weight is 559 g/mol. The van der Waals surface area contributed by atoms with Crippen LogP contribution in [-0.4, -0.2) is 18.4 Å². The van der Waals surface area contributed by atoms with Crippen molar-refractivity contribution >= 4 is 28.8 Å². The first-order chi connectivity index (χ1) is 20.2. The Morgan fingerprint density at radius 2 is 1.62 bits per heavy atom. The van der Waals surface area contributed by atoms with Crippen molar-refractivity contribution in [2.45, 2.75) is 33.1 Å². The standard InChI is InChI=1S/C36H30O6/c1-5-39-25-16-18-29-28(20-25)32(34(42-29)23-9-7-6-8-10-23)35(38)40-26-15-17-27-30(21-26)41-31(33(27)37)19-22-11-13-24(14-12-22)36(2,3)4/h6-21H,5H2,1-4H3. The average Bonchev–Trinajstić information content (AvgIpc) is 3.50. The smallest absolute Gasteiger partial charge is 0.348 e. The molecule has 1 aliphatic heterocycles. The normalized spacial score (nSPS) is 13.7. The highest BCUT2D eigenvalue weighted by Crippen LogP contribution is 2.38. The first-order valence-corrected chi connectivity index (χ1v) is 13.9. The van der Waals surface area contributed by atoms with Gasteiger partial charge in [-0.3, -0.25) is 4.79 Å². The minimum atomic E-state index is -0.597. The SMILES string of the molecule is CCOc1ccc2oc(-c3ccccc3)c(C(=O)Oc3ccc4c(c3)OC(=Cc3ccc(C(C)(C)C)cc3)C4=O)c2c1. The van der Waals surface area contributed by atoms with E-state index in [1.165, 1.54) is 5.56 Å². The fraction of sp³-hybridized carbons (Fsp3) is 0.167. The van der Waals surface area contributed by atoms with Crippen LogP contribution in [0.2, 0.25) is 0 Å². The number of esters is 1. The van der Waals surface area contributed by atoms with Crippen molar-refractivity contribution in [3.05, 3.63) is 119 Å². The lowest BCUT2D eigenvalue weighted by Gasteiger charge is -2.18. The molecule has 0 bridgehead atoms. The predicted molar refractivity (Wildman–Crippen MR) is 162 cm³/mol. The first kappa shape index (κ1) is 27.1. The first-order valence-electron chi connectivity index (χ1n) is 13.9. The number of rotatable bonds is 6. The van der Waals surface area contributed by atoms with Crippen LogP contribution in [0.5, 0.6) is 17.2 Å². The fourth-order valence-corrected chi connectivity index (χ4v) is 4.95. The Morgan fingerprint density at radius 1 is 0.881 bits per heavy atom. The molecule has 5 aromatic rings. The van der Waals surface area contributed by atoms with E-state index in [1.54, 1.807) is 42.5 Å². The van der Waals surface area contributed by atoms with Crippen molar-refractivity contribution in [1.29, 1.82) is 0 Å². The van der Waals surface area contributed by atoms with E-state index in [0.717, 1.165) is 11.1 Å². The predicted octanol–water partition coefficient (Wildman–Crippen LogP) is 8.63. The lowest BCUT2D eigenvalue weighted by Crippen LogP contribution is -2.10. The monoisotopic (exact) mass is 558 g/mol. The summed E-state index contributed by atoms with van der Waals surface area (Å²) in [5.74, 6) is 1.00. The molecule has 0 fully saturated rings. The van der Waals surface area contributed by atoms with E-state index in [4.69, 9.17) is 18.6 Å². The number of hydrogen-bond donors (Lipinski definition) is 0. The Bertz CT molecular complexity index is 1840. The number of furan rings is 1. The van der Waals surface area contributed by atoms with Crippen molar-refractivity contribution < 1.29 is 28.2 Å². The maximum Gasteiger partial charge on any atom is 0.348 e. The molecule has 0 unspecified atom stereocenters. The van der Waals surface area contributed by atoms with Crippen LogP contribution in [0.4, 0.5) is 0 Å². The Hall–Kier alpha value is -5.10. The molecule has 2 heterocycles. The molecular formula is C36H30O6. The Kier molecular flexibility index (Phi) is 6.91. The maximum atomic E-state index is 13.7. The molecule has 4 aromatic carbocycles. The van der Waals surface area contributed by atoms with Gasteiger partial charge in [0.1, 0.15) is 34.2 Å². The number of ketones is 1. The highest BCUT2D eigenvalue weighted by molar-refractivity contribution is 6.15. The molecule has 0 saturated carbocycles. The second-order valence-electron chi connectivity index (χ2n) is 11.1. The van der Waals surface area contributed by atoms with Crippen molar-refractivity contribution in [1.82, 2.24) is 0 Å². The van der Waals surface area contributed by atoms with Gasteiger partial charge in [0.25, 0.3) is 0 Å². The molecular weight excluding hydrogens is 528 g/mol. The van der Waals surface area contributed by atoms with Crippen LogP contribution < -0.4 is 14.2 Å². The summed E-state index contributed by atoms with van der Waals surface area (Å²) in [5.41, 5.74) is 4.07. The van der Waals surface area contributed by atoms with Crippen LogP contribution >= 0.6 is 0 Å². The zero-order valence-electron chi connectivity index (χ0n) is 23.9. The molecule has 6 nitrogen and oxygen atoms in total. The van der Waals surface area contributed by atoms with E-state index >= 15 is 0 Å². The molecule has 0 amide bonds. The number of hydrogen-bond acceptors (Lipinski definition) is 6. The van der Waals surface area contributed by atoms with Crippen LogP contribution in [-0.2, 0) is 5.41 Å². The minimum Gasteiger partial charge on any atom is -0.494 e. The molecule has 42 heavy (non-hydrogen) atoms. The summed E-state index contributed by atoms with van der Waals surface area (Å²) in [6.07, 6.45) is 1.72. The van der Waals surface area contributed by atoms with E-state index in [0.29, 0.717) is 40.4 Å². The fourth-order valence-electron chi connectivity index (χ4n) is 4.95. The Balaban J connectivity index is 1.29. The van der Waals surface area contributed by atoms with Crippen molar-refractivity contribution in [3.63, 3.8) is 0 Å². The van der Waals surface area contributed by atoms with Gasteiger partial charge in [-0.25, -0.2) is 4.79 Å². The topological polar surface area (TPSA) is 75.0 Å². The van der Waals surface area contributed by atoms with Gasteiger partial charge in [0.2, 0.25) is 5.78 Å². The van der Waals surface area contributed by atoms with Gasteiger partial charge in [-0.05, 0) is 59.9 Å². The van der Waals surface area contributed by atoms with Crippen LogP contribution in [0.1, 0.15) is 59.5 Å². The summed E-state index contributed by atoms with van der Waals surface area (Å²) in [4.78, 5) is 26.7. The second-order valence-corrected chi connectivity index (χ2v) is 11.1. The number of Topliss-reactive ketones (excluding diaryl/α,β-unsaturated/α-hetero) is 1. The molecule has 0 N–H and O–H groups in total. The van der Waals surface area contributed by atoms with Gasteiger partial charge in [0, 0.05) is 17.0 Å². The van der Waals surface area contributed by atoms with E-state index in [9.17, 15) is 9.59 Å². The quantitative estimate of drug-likeness (QED) is 0.118. The van der Waals surface area contributed by atoms with Gasteiger partial charge in [0.15, 0.2) is 5.76 Å². The number of benzene rings is 4. The lowest BCUT2D eigenvalue weighted by molar-refractivity contribution is 0.0736. The van der Waals surface area contributed by atoms with Gasteiger partial charge in [-0.2, -0.15) is 0 Å². The molecule has 6 heteroatoms. The number of carbonyl (C=O) groups is 2. The third-order valence-electron chi connectivity index (χ3n) is 7.14. The van der Waals surface area contributed by atoms with Gasteiger partial charge in [0.05, 0.1) is 12.2 Å². The molecule has 210 valence electrons. The Labute approximate surface area is 244 Å². The number of allylic oxidation sites excluding steroid dienone is 1. The summed E-state index contributed by atoms with van der Waals surface area (Å²) in [5, 5.41) is 0.583. The zero-order chi connectivity index (χ0) is 29.4. The Morgan fingerprint density at radius 3 is 2.33 bits per heavy atom. The van der Waals surface area contributed by atoms with Crippen molar-refractivity contribution in [2.75, 3.05) is 6.61 Å². The largest absolute Gasteiger partial charge is 0.494 e. The highest BCUT2D eigenvalue weighted by atomic mass is 16.5. The van der Waals surface area contributed by atoms with Gasteiger partial charge < -0.3 is 18.6 Å². The summed E-state index contributed by atoms with van der Waals surface area (Å²) in [7, 11) is 0. The second kappa shape index (κ2) is 10.7. The molecule has 1 aliphatic rings. The van der Waals surface area contributed by atoms with Gasteiger partial charge in [-0.15, -0.1) is 0 Å². The molecule has 0 radical (unpaired) electrons. The summed E-state index contributed by atoms with van der Waals surface area (Å²) in [6.45, 7) is 8.84. The third-order valence-corrected chi connectivity index (χ3v) is 7.14. The maximum absolute atomic E-state index is 13.7. The zero-order valence-corrected chi connectivity index (χ0v) is 23.9. The molecule has 1 aromatic heterocycles. The van der Waals surface area contributed by atoms with Gasteiger partial charge in [-0.1, -0.05) is 75.4 Å². The number of fused-ring (bicyclic) bond motifs is 2. The lowest BCUT2D eigenvalue weighted by atomic mass is 9.86. The van der Waals surface area contributed by atoms with E-state index in [-0.39, 0.29) is 28.3 Å².